The van der Waals surface area contributed by atoms with Gasteiger partial charge in [0.2, 0.25) is 33.3 Å². The maximum Gasteiger partial charge on any atom is 0.427 e. The SMILES string of the molecule is COc1cnc(O[C@@H]2C[C@H]3C(=O)N[C@]4(C(=O)NS(=O)(=O)C5(C)CC5)C[C@H]4/C=C\CC[C@@H](C)C[C@@H](C)[C@H](NC(=O)OC(C)(C)C(F)(F)F)C(=O)N3C2)c2ccc(N(C)C)cc12. The van der Waals surface area contributed by atoms with Crippen molar-refractivity contribution >= 4 is 50.3 Å². The van der Waals surface area contributed by atoms with E-state index in [-0.39, 0.29) is 31.2 Å². The van der Waals surface area contributed by atoms with Gasteiger partial charge in [-0.05, 0) is 89.3 Å². The summed E-state index contributed by atoms with van der Waals surface area (Å²) >= 11 is 0. The minimum atomic E-state index is -4.92. The van der Waals surface area contributed by atoms with Crippen molar-refractivity contribution in [2.45, 2.75) is 120 Å². The number of alkyl halides is 3. The monoisotopic (exact) mass is 864 g/mol. The Labute approximate surface area is 348 Å². The predicted octanol–water partition coefficient (Wildman–Crippen LogP) is 4.98. The van der Waals surface area contributed by atoms with Gasteiger partial charge in [0.1, 0.15) is 29.5 Å². The summed E-state index contributed by atoms with van der Waals surface area (Å²) in [5, 5.41) is 6.45. The predicted molar refractivity (Wildman–Crippen MR) is 216 cm³/mol. The zero-order chi connectivity index (χ0) is 44.2. The van der Waals surface area contributed by atoms with Crippen LogP contribution in [-0.4, -0.2) is 110 Å². The van der Waals surface area contributed by atoms with Gasteiger partial charge in [-0.3, -0.25) is 19.1 Å². The number of fused-ring (bicyclic) bond motifs is 3. The number of sulfonamides is 1. The third-order valence-electron chi connectivity index (χ3n) is 12.4. The number of allylic oxidation sites excluding steroid dienone is 1. The average Bonchev–Trinajstić information content (AvgIpc) is 4.04. The quantitative estimate of drug-likeness (QED) is 0.289. The van der Waals surface area contributed by atoms with Gasteiger partial charge in [-0.2, -0.15) is 13.2 Å². The molecule has 1 saturated heterocycles. The summed E-state index contributed by atoms with van der Waals surface area (Å²) in [7, 11) is 1.19. The van der Waals surface area contributed by atoms with E-state index in [1.165, 1.54) is 25.1 Å². The number of hydrogen-bond acceptors (Lipinski definition) is 11. The molecule has 0 bridgehead atoms. The Balaban J connectivity index is 1.37. The van der Waals surface area contributed by atoms with Crippen LogP contribution in [0.3, 0.4) is 0 Å². The Morgan fingerprint density at radius 2 is 1.78 bits per heavy atom. The number of ether oxygens (including phenoxy) is 3. The number of pyridine rings is 1. The molecule has 2 aromatic rings. The molecular formula is C41H55F3N6O9S. The largest absolute Gasteiger partial charge is 0.494 e. The van der Waals surface area contributed by atoms with E-state index >= 15 is 0 Å². The number of carbonyl (C=O) groups excluding carboxylic acids is 4. The van der Waals surface area contributed by atoms with Gasteiger partial charge >= 0.3 is 12.3 Å². The maximum atomic E-state index is 14.8. The molecule has 330 valence electrons. The van der Waals surface area contributed by atoms with Crippen LogP contribution in [0.25, 0.3) is 10.8 Å². The Morgan fingerprint density at radius 1 is 1.08 bits per heavy atom. The van der Waals surface area contributed by atoms with Crippen molar-refractivity contribution in [2.75, 3.05) is 32.6 Å². The molecule has 3 N–H and O–H groups in total. The fourth-order valence-electron chi connectivity index (χ4n) is 7.91. The fraction of sp³-hybridized carbons (Fsp3) is 0.634. The molecule has 0 unspecified atom stereocenters. The number of hydrogen-bond donors (Lipinski definition) is 3. The van der Waals surface area contributed by atoms with Gasteiger partial charge in [0, 0.05) is 42.9 Å². The summed E-state index contributed by atoms with van der Waals surface area (Å²) in [4.78, 5) is 64.1. The number of carbonyl (C=O) groups is 4. The zero-order valence-corrected chi connectivity index (χ0v) is 36.0. The van der Waals surface area contributed by atoms with Crippen LogP contribution >= 0.6 is 0 Å². The minimum absolute atomic E-state index is 0.0427. The highest BCUT2D eigenvalue weighted by atomic mass is 32.2. The van der Waals surface area contributed by atoms with Crippen LogP contribution < -0.4 is 29.7 Å². The van der Waals surface area contributed by atoms with Gasteiger partial charge in [-0.25, -0.2) is 18.2 Å². The van der Waals surface area contributed by atoms with Crippen LogP contribution in [0.2, 0.25) is 0 Å². The molecule has 6 rings (SSSR count). The number of anilines is 1. The average molecular weight is 865 g/mol. The molecule has 60 heavy (non-hydrogen) atoms. The molecule has 0 spiro atoms. The van der Waals surface area contributed by atoms with Crippen molar-refractivity contribution in [3.05, 3.63) is 36.5 Å². The topological polar surface area (TPSA) is 186 Å². The van der Waals surface area contributed by atoms with Gasteiger partial charge in [-0.15, -0.1) is 0 Å². The van der Waals surface area contributed by atoms with Crippen molar-refractivity contribution in [1.82, 2.24) is 25.2 Å². The molecule has 1 aromatic heterocycles. The highest BCUT2D eigenvalue weighted by Gasteiger charge is 2.63. The van der Waals surface area contributed by atoms with E-state index in [0.29, 0.717) is 62.5 Å². The lowest BCUT2D eigenvalue weighted by molar-refractivity contribution is -0.244. The number of nitrogens with zero attached hydrogens (tertiary/aromatic N) is 3. The summed E-state index contributed by atoms with van der Waals surface area (Å²) in [5.74, 6) is -3.06. The summed E-state index contributed by atoms with van der Waals surface area (Å²) in [5.41, 5.74) is -3.67. The molecule has 3 heterocycles. The molecule has 2 aliphatic heterocycles. The van der Waals surface area contributed by atoms with E-state index < -0.39 is 85.9 Å². The Bertz CT molecular complexity index is 2160. The highest BCUT2D eigenvalue weighted by Crippen LogP contribution is 2.48. The first kappa shape index (κ1) is 44.7. The highest BCUT2D eigenvalue weighted by molar-refractivity contribution is 7.91. The van der Waals surface area contributed by atoms with Gasteiger partial charge in [0.25, 0.3) is 5.91 Å². The molecule has 0 radical (unpaired) electrons. The number of rotatable bonds is 9. The van der Waals surface area contributed by atoms with Crippen molar-refractivity contribution < 1.29 is 55.0 Å². The number of amides is 4. The Kier molecular flexibility index (Phi) is 12.1. The molecule has 7 atom stereocenters. The lowest BCUT2D eigenvalue weighted by Gasteiger charge is -2.34. The normalized spacial score (nSPS) is 28.8. The van der Waals surface area contributed by atoms with Crippen molar-refractivity contribution in [3.8, 4) is 11.6 Å². The Morgan fingerprint density at radius 3 is 2.42 bits per heavy atom. The van der Waals surface area contributed by atoms with Gasteiger partial charge < -0.3 is 34.6 Å². The molecule has 2 saturated carbocycles. The van der Waals surface area contributed by atoms with Crippen LogP contribution in [0, 0.1) is 17.8 Å². The number of nitrogens with one attached hydrogen (secondary N) is 3. The molecule has 2 aliphatic carbocycles. The first-order chi connectivity index (χ1) is 27.9. The molecule has 4 aliphatic rings. The van der Waals surface area contributed by atoms with Gasteiger partial charge in [-0.1, -0.05) is 26.0 Å². The second kappa shape index (κ2) is 16.2. The van der Waals surface area contributed by atoms with E-state index in [0.717, 1.165) is 5.69 Å². The molecule has 1 aromatic carbocycles. The first-order valence-electron chi connectivity index (χ1n) is 20.1. The lowest BCUT2D eigenvalue weighted by Crippen LogP contribution is -2.59. The van der Waals surface area contributed by atoms with E-state index in [1.807, 2.05) is 44.1 Å². The smallest absolute Gasteiger partial charge is 0.427 e. The third-order valence-corrected chi connectivity index (χ3v) is 14.5. The number of alkyl carbamates (subject to hydrolysis) is 1. The van der Waals surface area contributed by atoms with E-state index in [2.05, 4.69) is 20.3 Å². The maximum absolute atomic E-state index is 14.8. The van der Waals surface area contributed by atoms with Crippen LogP contribution in [0.1, 0.15) is 79.6 Å². The summed E-state index contributed by atoms with van der Waals surface area (Å²) < 4.78 is 85.7. The molecule has 19 heteroatoms. The van der Waals surface area contributed by atoms with E-state index in [9.17, 15) is 40.8 Å². The van der Waals surface area contributed by atoms with Crippen LogP contribution in [0.5, 0.6) is 11.6 Å². The summed E-state index contributed by atoms with van der Waals surface area (Å²) in [6.45, 7) is 6.33. The minimum Gasteiger partial charge on any atom is -0.494 e. The molecule has 15 nitrogen and oxygen atoms in total. The van der Waals surface area contributed by atoms with Crippen LogP contribution in [0.4, 0.5) is 23.7 Å². The second-order valence-electron chi connectivity index (χ2n) is 17.7. The lowest BCUT2D eigenvalue weighted by atomic mass is 9.88. The van der Waals surface area contributed by atoms with Crippen molar-refractivity contribution in [3.63, 3.8) is 0 Å². The van der Waals surface area contributed by atoms with E-state index in [4.69, 9.17) is 14.2 Å². The Hall–Kier alpha value is -4.81. The number of aromatic nitrogens is 1. The number of halogens is 3. The summed E-state index contributed by atoms with van der Waals surface area (Å²) in [6, 6.07) is 2.78. The second-order valence-corrected chi connectivity index (χ2v) is 19.9. The van der Waals surface area contributed by atoms with Gasteiger partial charge in [0.05, 0.1) is 24.6 Å². The van der Waals surface area contributed by atoms with Crippen molar-refractivity contribution in [1.29, 1.82) is 0 Å². The molecule has 3 fully saturated rings. The standard InChI is InChI=1S/C41H55F3N6O9S/c1-23-11-9-10-12-25-20-40(25,36(53)48-60(55,56)39(5)15-16-39)47-33(51)30-19-27(58-34-28-14-13-26(49(6)7)18-29(28)31(57-8)21-45-34)22-50(30)35(52)32(24(2)17-23)46-37(54)59-38(3,4)41(42,43)44/h10,12-14,18,21,23-25,27,30,32H,9,11,15-17,19-20,22H2,1-8H3,(H,46,54)(H,47,51)(H,48,53)/b12-10-/t23-,24-,25-,27-,30+,32+,40-/m1/s1. The van der Waals surface area contributed by atoms with E-state index in [1.54, 1.807) is 19.1 Å². The number of benzene rings is 1. The van der Waals surface area contributed by atoms with Crippen molar-refractivity contribution in [2.24, 2.45) is 17.8 Å². The molecular weight excluding hydrogens is 810 g/mol. The third kappa shape index (κ3) is 8.96. The fourth-order valence-corrected chi connectivity index (χ4v) is 9.23. The van der Waals surface area contributed by atoms with Crippen LogP contribution in [0.15, 0.2) is 36.5 Å². The van der Waals surface area contributed by atoms with Gasteiger partial charge in [0.15, 0.2) is 0 Å². The summed E-state index contributed by atoms with van der Waals surface area (Å²) in [6.07, 6.45) is 0.0936. The number of methoxy groups -OCH3 is 1. The van der Waals surface area contributed by atoms with Crippen LogP contribution in [-0.2, 0) is 29.1 Å². The molecule has 4 amide bonds. The zero-order valence-electron chi connectivity index (χ0n) is 35.1. The first-order valence-corrected chi connectivity index (χ1v) is 21.6.